The van der Waals surface area contributed by atoms with Crippen molar-refractivity contribution in [3.63, 3.8) is 0 Å². The van der Waals surface area contributed by atoms with Gasteiger partial charge in [-0.25, -0.2) is 9.59 Å². The molecule has 0 bridgehead atoms. The number of halogens is 2. The maximum absolute atomic E-state index is 11.7. The minimum atomic E-state index is -1.25. The molecule has 5 N–H and O–H groups in total. The van der Waals surface area contributed by atoms with Crippen molar-refractivity contribution in [2.75, 3.05) is 5.32 Å². The maximum atomic E-state index is 11.7. The Balaban J connectivity index is 2.62. The van der Waals surface area contributed by atoms with Crippen LogP contribution in [0.2, 0.25) is 5.02 Å². The van der Waals surface area contributed by atoms with Crippen LogP contribution in [0.3, 0.4) is 0 Å². The third-order valence-electron chi connectivity index (χ3n) is 2.46. The summed E-state index contributed by atoms with van der Waals surface area (Å²) in [7, 11) is 0. The first kappa shape index (κ1) is 17.3. The number of hydrogen-bond acceptors (Lipinski definition) is 3. The molecule has 3 amide bonds. The highest BCUT2D eigenvalue weighted by Crippen LogP contribution is 2.25. The van der Waals surface area contributed by atoms with E-state index in [1.54, 1.807) is 12.1 Å². The molecule has 0 fully saturated rings. The van der Waals surface area contributed by atoms with Gasteiger partial charge in [-0.2, -0.15) is 0 Å². The predicted octanol–water partition coefficient (Wildman–Crippen LogP) is 1.94. The first-order valence-electron chi connectivity index (χ1n) is 5.83. The maximum Gasteiger partial charge on any atom is 0.326 e. The fourth-order valence-corrected chi connectivity index (χ4v) is 1.87. The molecule has 0 aromatic heterocycles. The molecule has 1 aromatic carbocycles. The number of amides is 3. The zero-order valence-corrected chi connectivity index (χ0v) is 13.1. The summed E-state index contributed by atoms with van der Waals surface area (Å²) in [5.41, 5.74) is 5.35. The molecule has 0 unspecified atom stereocenters. The van der Waals surface area contributed by atoms with Crippen molar-refractivity contribution in [1.29, 1.82) is 0 Å². The highest BCUT2D eigenvalue weighted by Gasteiger charge is 2.20. The Morgan fingerprint density at radius 2 is 2.05 bits per heavy atom. The van der Waals surface area contributed by atoms with Crippen LogP contribution in [0.5, 0.6) is 0 Å². The van der Waals surface area contributed by atoms with E-state index in [4.69, 9.17) is 22.4 Å². The molecule has 9 heteroatoms. The monoisotopic (exact) mass is 377 g/mol. The van der Waals surface area contributed by atoms with Gasteiger partial charge >= 0.3 is 12.0 Å². The van der Waals surface area contributed by atoms with E-state index in [2.05, 4.69) is 26.6 Å². The lowest BCUT2D eigenvalue weighted by atomic mass is 10.1. The summed E-state index contributed by atoms with van der Waals surface area (Å²) < 4.78 is 0.667. The second-order valence-electron chi connectivity index (χ2n) is 4.12. The SMILES string of the molecule is NC(=O)CC[C@H](NC(=O)Nc1ccc(Br)c(Cl)c1)C(=O)O. The lowest BCUT2D eigenvalue weighted by molar-refractivity contribution is -0.139. The van der Waals surface area contributed by atoms with Gasteiger partial charge in [-0.1, -0.05) is 11.6 Å². The molecule has 0 aliphatic heterocycles. The number of nitrogens with two attached hydrogens (primary N) is 1. The summed E-state index contributed by atoms with van der Waals surface area (Å²) >= 11 is 9.08. The van der Waals surface area contributed by atoms with Crippen LogP contribution in [0.1, 0.15) is 12.8 Å². The molecule has 1 aromatic rings. The molecule has 0 heterocycles. The topological polar surface area (TPSA) is 122 Å². The van der Waals surface area contributed by atoms with E-state index in [-0.39, 0.29) is 12.8 Å². The Morgan fingerprint density at radius 3 is 2.57 bits per heavy atom. The van der Waals surface area contributed by atoms with Gasteiger partial charge in [-0.05, 0) is 40.5 Å². The van der Waals surface area contributed by atoms with Crippen LogP contribution in [0.15, 0.2) is 22.7 Å². The lowest BCUT2D eigenvalue weighted by Crippen LogP contribution is -2.43. The molecule has 0 aliphatic rings. The second kappa shape index (κ2) is 7.84. The van der Waals surface area contributed by atoms with Crippen molar-refractivity contribution in [2.24, 2.45) is 5.73 Å². The molecule has 0 saturated carbocycles. The fourth-order valence-electron chi connectivity index (χ4n) is 1.44. The highest BCUT2D eigenvalue weighted by molar-refractivity contribution is 9.10. The summed E-state index contributed by atoms with van der Waals surface area (Å²) in [5, 5.41) is 14.0. The Bertz CT molecular complexity index is 567. The van der Waals surface area contributed by atoms with Crippen molar-refractivity contribution < 1.29 is 19.5 Å². The molecule has 1 atom stereocenters. The first-order valence-corrected chi connectivity index (χ1v) is 7.00. The molecule has 1 rings (SSSR count). The van der Waals surface area contributed by atoms with Gasteiger partial charge in [0.1, 0.15) is 6.04 Å². The first-order chi connectivity index (χ1) is 9.79. The summed E-state index contributed by atoms with van der Waals surface area (Å²) in [6.45, 7) is 0. The average Bonchev–Trinajstić information content (AvgIpc) is 2.38. The molecular formula is C12H13BrClN3O4. The number of aliphatic carboxylic acids is 1. The molecule has 21 heavy (non-hydrogen) atoms. The van der Waals surface area contributed by atoms with E-state index in [9.17, 15) is 14.4 Å². The molecule has 114 valence electrons. The predicted molar refractivity (Wildman–Crippen MR) is 81.2 cm³/mol. The Hall–Kier alpha value is -1.80. The summed E-state index contributed by atoms with van der Waals surface area (Å²) in [6, 6.07) is 2.81. The third kappa shape index (κ3) is 6.01. The standard InChI is InChI=1S/C12H13BrClN3O4/c13-7-2-1-6(5-8(7)14)16-12(21)17-9(11(19)20)3-4-10(15)18/h1-2,5,9H,3-4H2,(H2,15,18)(H,19,20)(H2,16,17,21)/t9-/m0/s1. The number of nitrogens with one attached hydrogen (secondary N) is 2. The van der Waals surface area contributed by atoms with Crippen LogP contribution in [-0.4, -0.2) is 29.1 Å². The van der Waals surface area contributed by atoms with Crippen LogP contribution in [0.25, 0.3) is 0 Å². The van der Waals surface area contributed by atoms with E-state index >= 15 is 0 Å². The number of primary amides is 1. The molecule has 0 spiro atoms. The molecule has 7 nitrogen and oxygen atoms in total. The molecule has 0 saturated heterocycles. The number of rotatable bonds is 6. The number of anilines is 1. The van der Waals surface area contributed by atoms with Gasteiger partial charge in [0.25, 0.3) is 0 Å². The highest BCUT2D eigenvalue weighted by atomic mass is 79.9. The number of carbonyl (C=O) groups is 3. The van der Waals surface area contributed by atoms with E-state index in [1.165, 1.54) is 6.07 Å². The van der Waals surface area contributed by atoms with E-state index in [1.807, 2.05) is 0 Å². The van der Waals surface area contributed by atoms with E-state index < -0.39 is 23.9 Å². The summed E-state index contributed by atoms with van der Waals surface area (Å²) in [4.78, 5) is 33.3. The second-order valence-corrected chi connectivity index (χ2v) is 5.38. The normalized spacial score (nSPS) is 11.5. The zero-order chi connectivity index (χ0) is 16.0. The van der Waals surface area contributed by atoms with Crippen molar-refractivity contribution in [1.82, 2.24) is 5.32 Å². The molecular weight excluding hydrogens is 366 g/mol. The van der Waals surface area contributed by atoms with Crippen molar-refractivity contribution >= 4 is 51.1 Å². The number of urea groups is 1. The number of hydrogen-bond donors (Lipinski definition) is 4. The van der Waals surface area contributed by atoms with Crippen LogP contribution in [-0.2, 0) is 9.59 Å². The van der Waals surface area contributed by atoms with E-state index in [0.717, 1.165) is 0 Å². The largest absolute Gasteiger partial charge is 0.480 e. The van der Waals surface area contributed by atoms with Crippen molar-refractivity contribution in [3.8, 4) is 0 Å². The van der Waals surface area contributed by atoms with Crippen molar-refractivity contribution in [3.05, 3.63) is 27.7 Å². The van der Waals surface area contributed by atoms with E-state index in [0.29, 0.717) is 15.2 Å². The number of carboxylic acid groups (broad SMARTS) is 1. The van der Waals surface area contributed by atoms with Gasteiger partial charge in [0.15, 0.2) is 0 Å². The number of carboxylic acids is 1. The number of carbonyl (C=O) groups excluding carboxylic acids is 2. The summed E-state index contributed by atoms with van der Waals surface area (Å²) in [6.07, 6.45) is -0.222. The van der Waals surface area contributed by atoms with Crippen LogP contribution < -0.4 is 16.4 Å². The third-order valence-corrected chi connectivity index (χ3v) is 3.69. The molecule has 0 radical (unpaired) electrons. The smallest absolute Gasteiger partial charge is 0.326 e. The summed E-state index contributed by atoms with van der Waals surface area (Å²) in [5.74, 6) is -1.89. The quantitative estimate of drug-likeness (QED) is 0.604. The van der Waals surface area contributed by atoms with Crippen LogP contribution in [0, 0.1) is 0 Å². The Morgan fingerprint density at radius 1 is 1.38 bits per heavy atom. The van der Waals surface area contributed by atoms with Gasteiger partial charge in [-0.15, -0.1) is 0 Å². The number of benzene rings is 1. The minimum Gasteiger partial charge on any atom is -0.480 e. The molecule has 0 aliphatic carbocycles. The van der Waals surface area contributed by atoms with Crippen LogP contribution >= 0.6 is 27.5 Å². The minimum absolute atomic E-state index is 0.0841. The average molecular weight is 379 g/mol. The lowest BCUT2D eigenvalue weighted by Gasteiger charge is -2.14. The van der Waals surface area contributed by atoms with Gasteiger partial charge in [0, 0.05) is 16.6 Å². The van der Waals surface area contributed by atoms with Crippen LogP contribution in [0.4, 0.5) is 10.5 Å². The van der Waals surface area contributed by atoms with Gasteiger partial charge < -0.3 is 21.5 Å². The Labute approximate surface area is 134 Å². The van der Waals surface area contributed by atoms with Gasteiger partial charge in [0.05, 0.1) is 5.02 Å². The van der Waals surface area contributed by atoms with Gasteiger partial charge in [-0.3, -0.25) is 4.79 Å². The van der Waals surface area contributed by atoms with Crippen molar-refractivity contribution in [2.45, 2.75) is 18.9 Å². The fraction of sp³-hybridized carbons (Fsp3) is 0.250. The Kier molecular flexibility index (Phi) is 6.44. The zero-order valence-electron chi connectivity index (χ0n) is 10.7. The van der Waals surface area contributed by atoms with Gasteiger partial charge in [0.2, 0.25) is 5.91 Å².